The highest BCUT2D eigenvalue weighted by Gasteiger charge is 2.25. The minimum atomic E-state index is -4.17. The van der Waals surface area contributed by atoms with E-state index in [4.69, 9.17) is 16.3 Å². The molecule has 0 saturated carbocycles. The monoisotopic (exact) mass is 462 g/mol. The second kappa shape index (κ2) is 8.91. The summed E-state index contributed by atoms with van der Waals surface area (Å²) in [5.74, 6) is -2.39. The van der Waals surface area contributed by atoms with Gasteiger partial charge in [-0.3, -0.25) is 4.79 Å². The number of nitrogens with zero attached hydrogens (tertiary/aromatic N) is 2. The third-order valence-corrected chi connectivity index (χ3v) is 6.00. The van der Waals surface area contributed by atoms with Crippen LogP contribution in [0.3, 0.4) is 0 Å². The number of ketones is 1. The fourth-order valence-corrected chi connectivity index (χ4v) is 4.04. The zero-order valence-electron chi connectivity index (χ0n) is 16.4. The molecule has 0 fully saturated rings. The van der Waals surface area contributed by atoms with Crippen molar-refractivity contribution in [2.75, 3.05) is 0 Å². The number of carbonyl (C=O) groups is 2. The Morgan fingerprint density at radius 3 is 2.52 bits per heavy atom. The van der Waals surface area contributed by atoms with Gasteiger partial charge in [0.1, 0.15) is 11.6 Å². The molecule has 10 heteroatoms. The van der Waals surface area contributed by atoms with Crippen molar-refractivity contribution in [2.45, 2.75) is 24.8 Å². The van der Waals surface area contributed by atoms with Crippen LogP contribution in [0.1, 0.15) is 38.9 Å². The third kappa shape index (κ3) is 5.12. The van der Waals surface area contributed by atoms with Crippen LogP contribution in [0.2, 0.25) is 5.02 Å². The van der Waals surface area contributed by atoms with Gasteiger partial charge in [-0.15, -0.1) is 0 Å². The summed E-state index contributed by atoms with van der Waals surface area (Å²) in [6.45, 7) is 3.05. The van der Waals surface area contributed by atoms with Crippen LogP contribution in [-0.2, 0) is 15.6 Å². The van der Waals surface area contributed by atoms with Crippen molar-refractivity contribution >= 4 is 33.2 Å². The van der Waals surface area contributed by atoms with Gasteiger partial charge in [0.25, 0.3) is 0 Å². The SMILES string of the molecule is CC(=O)c1ccc(OC(=O)c2nc(S(=O)(=O)Cc3ccccc3F)ncc2Cl)c(C)c1. The summed E-state index contributed by atoms with van der Waals surface area (Å²) in [6, 6.07) is 9.87. The molecule has 31 heavy (non-hydrogen) atoms. The van der Waals surface area contributed by atoms with Crippen LogP contribution in [0.4, 0.5) is 4.39 Å². The van der Waals surface area contributed by atoms with Crippen molar-refractivity contribution in [3.8, 4) is 5.75 Å². The number of benzene rings is 2. The fraction of sp³-hybridized carbons (Fsp3) is 0.143. The van der Waals surface area contributed by atoms with E-state index < -0.39 is 38.2 Å². The maximum Gasteiger partial charge on any atom is 0.364 e. The Balaban J connectivity index is 1.89. The molecule has 0 radical (unpaired) electrons. The number of ether oxygens (including phenoxy) is 1. The molecule has 0 N–H and O–H groups in total. The summed E-state index contributed by atoms with van der Waals surface area (Å²) in [5, 5.41) is -0.899. The minimum absolute atomic E-state index is 0.0636. The number of hydrogen-bond donors (Lipinski definition) is 0. The normalized spacial score (nSPS) is 11.2. The number of rotatable bonds is 6. The summed E-state index contributed by atoms with van der Waals surface area (Å²) in [7, 11) is -4.17. The number of hydrogen-bond acceptors (Lipinski definition) is 7. The fourth-order valence-electron chi connectivity index (χ4n) is 2.66. The predicted molar refractivity (Wildman–Crippen MR) is 110 cm³/mol. The van der Waals surface area contributed by atoms with Crippen LogP contribution in [-0.4, -0.2) is 30.1 Å². The van der Waals surface area contributed by atoms with Gasteiger partial charge in [-0.2, -0.15) is 0 Å². The van der Waals surface area contributed by atoms with Gasteiger partial charge in [0.05, 0.1) is 17.0 Å². The van der Waals surface area contributed by atoms with E-state index >= 15 is 0 Å². The summed E-state index contributed by atoms with van der Waals surface area (Å²) in [5.41, 5.74) is 0.433. The van der Waals surface area contributed by atoms with Gasteiger partial charge >= 0.3 is 5.97 Å². The minimum Gasteiger partial charge on any atom is -0.421 e. The Labute approximate surface area is 182 Å². The molecule has 0 unspecified atom stereocenters. The molecule has 0 aliphatic rings. The van der Waals surface area contributed by atoms with Gasteiger partial charge in [-0.05, 0) is 43.7 Å². The number of Topliss-reactive ketones (excluding diaryl/α,β-unsaturated/α-hetero) is 1. The number of aromatic nitrogens is 2. The molecule has 0 atom stereocenters. The average molecular weight is 463 g/mol. The molecular formula is C21H16ClFN2O5S. The van der Waals surface area contributed by atoms with Crippen molar-refractivity contribution in [3.63, 3.8) is 0 Å². The smallest absolute Gasteiger partial charge is 0.364 e. The summed E-state index contributed by atoms with van der Waals surface area (Å²) in [4.78, 5) is 31.5. The molecule has 2 aromatic carbocycles. The Morgan fingerprint density at radius 1 is 1.16 bits per heavy atom. The van der Waals surface area contributed by atoms with Crippen LogP contribution in [0.25, 0.3) is 0 Å². The van der Waals surface area contributed by atoms with E-state index in [1.165, 1.54) is 37.3 Å². The van der Waals surface area contributed by atoms with Gasteiger partial charge in [0.15, 0.2) is 11.5 Å². The van der Waals surface area contributed by atoms with E-state index in [1.807, 2.05) is 0 Å². The van der Waals surface area contributed by atoms with Gasteiger partial charge in [0.2, 0.25) is 15.0 Å². The average Bonchev–Trinajstić information content (AvgIpc) is 2.71. The number of carbonyl (C=O) groups excluding carboxylic acids is 2. The van der Waals surface area contributed by atoms with Crippen LogP contribution in [0, 0.1) is 12.7 Å². The first-order valence-electron chi connectivity index (χ1n) is 8.91. The third-order valence-electron chi connectivity index (χ3n) is 4.28. The van der Waals surface area contributed by atoms with Crippen LogP contribution in [0.5, 0.6) is 5.75 Å². The number of aryl methyl sites for hydroxylation is 1. The van der Waals surface area contributed by atoms with E-state index in [-0.39, 0.29) is 22.1 Å². The second-order valence-electron chi connectivity index (χ2n) is 6.63. The number of sulfone groups is 1. The van der Waals surface area contributed by atoms with Crippen molar-refractivity contribution in [1.82, 2.24) is 9.97 Å². The Bertz CT molecular complexity index is 1290. The summed E-state index contributed by atoms with van der Waals surface area (Å²) < 4.78 is 44.4. The molecule has 1 heterocycles. The molecule has 0 spiro atoms. The highest BCUT2D eigenvalue weighted by atomic mass is 35.5. The van der Waals surface area contributed by atoms with Crippen molar-refractivity contribution in [1.29, 1.82) is 0 Å². The molecular weight excluding hydrogens is 447 g/mol. The number of esters is 1. The molecule has 0 bridgehead atoms. The molecule has 0 amide bonds. The number of halogens is 2. The first-order valence-corrected chi connectivity index (χ1v) is 10.9. The maximum atomic E-state index is 13.8. The van der Waals surface area contributed by atoms with E-state index in [0.29, 0.717) is 11.1 Å². The lowest BCUT2D eigenvalue weighted by Crippen LogP contribution is -2.17. The van der Waals surface area contributed by atoms with E-state index in [2.05, 4.69) is 9.97 Å². The Hall–Kier alpha value is -3.17. The molecule has 3 rings (SSSR count). The van der Waals surface area contributed by atoms with Crippen LogP contribution < -0.4 is 4.74 Å². The van der Waals surface area contributed by atoms with Crippen molar-refractivity contribution in [3.05, 3.63) is 81.9 Å². The quantitative estimate of drug-likeness (QED) is 0.236. The predicted octanol–water partition coefficient (Wildman–Crippen LogP) is 3.97. The first-order chi connectivity index (χ1) is 14.6. The van der Waals surface area contributed by atoms with Crippen molar-refractivity contribution < 1.29 is 27.1 Å². The second-order valence-corrected chi connectivity index (χ2v) is 8.92. The van der Waals surface area contributed by atoms with Crippen LogP contribution >= 0.6 is 11.6 Å². The van der Waals surface area contributed by atoms with Gasteiger partial charge in [0, 0.05) is 11.1 Å². The zero-order chi connectivity index (χ0) is 22.8. The molecule has 0 aliphatic heterocycles. The lowest BCUT2D eigenvalue weighted by Gasteiger charge is -2.10. The Morgan fingerprint density at radius 2 is 1.87 bits per heavy atom. The highest BCUT2D eigenvalue weighted by Crippen LogP contribution is 2.23. The Kier molecular flexibility index (Phi) is 6.47. The topological polar surface area (TPSA) is 103 Å². The van der Waals surface area contributed by atoms with E-state index in [1.54, 1.807) is 13.0 Å². The largest absolute Gasteiger partial charge is 0.421 e. The van der Waals surface area contributed by atoms with Gasteiger partial charge < -0.3 is 4.74 Å². The molecule has 0 saturated heterocycles. The zero-order valence-corrected chi connectivity index (χ0v) is 18.0. The summed E-state index contributed by atoms with van der Waals surface area (Å²) >= 11 is 5.97. The van der Waals surface area contributed by atoms with E-state index in [0.717, 1.165) is 12.3 Å². The lowest BCUT2D eigenvalue weighted by molar-refractivity contribution is 0.0726. The van der Waals surface area contributed by atoms with E-state index in [9.17, 15) is 22.4 Å². The molecule has 1 aromatic heterocycles. The highest BCUT2D eigenvalue weighted by molar-refractivity contribution is 7.90. The molecule has 7 nitrogen and oxygen atoms in total. The van der Waals surface area contributed by atoms with Gasteiger partial charge in [-0.1, -0.05) is 29.8 Å². The lowest BCUT2D eigenvalue weighted by atomic mass is 10.1. The maximum absolute atomic E-state index is 13.8. The molecule has 3 aromatic rings. The van der Waals surface area contributed by atoms with Gasteiger partial charge in [-0.25, -0.2) is 27.6 Å². The standard InChI is InChI=1S/C21H16ClFN2O5S/c1-12-9-14(13(2)26)7-8-18(12)30-20(27)19-16(22)10-24-21(25-19)31(28,29)11-15-5-3-4-6-17(15)23/h3-10H,11H2,1-2H3. The molecule has 160 valence electrons. The molecule has 0 aliphatic carbocycles. The summed E-state index contributed by atoms with van der Waals surface area (Å²) in [6.07, 6.45) is 0.963. The first kappa shape index (κ1) is 22.5. The van der Waals surface area contributed by atoms with Crippen LogP contribution in [0.15, 0.2) is 53.8 Å². The van der Waals surface area contributed by atoms with Crippen molar-refractivity contribution in [2.24, 2.45) is 0 Å².